The van der Waals surface area contributed by atoms with E-state index in [-0.39, 0.29) is 5.91 Å². The van der Waals surface area contributed by atoms with Crippen LogP contribution in [0.15, 0.2) is 12.1 Å². The van der Waals surface area contributed by atoms with Crippen molar-refractivity contribution in [1.82, 2.24) is 24.9 Å². The van der Waals surface area contributed by atoms with Crippen LogP contribution in [0.2, 0.25) is 0 Å². The molecule has 0 saturated heterocycles. The summed E-state index contributed by atoms with van der Waals surface area (Å²) in [5.41, 5.74) is 3.37. The molecular formula is C23H35N7O2. The average molecular weight is 442 g/mol. The molecule has 1 aromatic carbocycles. The van der Waals surface area contributed by atoms with Crippen molar-refractivity contribution in [1.29, 1.82) is 0 Å². The van der Waals surface area contributed by atoms with E-state index in [0.717, 1.165) is 60.6 Å². The number of unbranched alkanes of at least 4 members (excludes halogenated alkanes) is 1. The molecule has 0 aliphatic rings. The summed E-state index contributed by atoms with van der Waals surface area (Å²) in [5.74, 6) is 2.74. The lowest BCUT2D eigenvalue weighted by Gasteiger charge is -2.14. The van der Waals surface area contributed by atoms with Gasteiger partial charge in [0.1, 0.15) is 11.6 Å². The number of fused-ring (bicyclic) bond motifs is 3. The topological polar surface area (TPSA) is 105 Å². The first-order valence-electron chi connectivity index (χ1n) is 11.4. The molecule has 0 aliphatic heterocycles. The maximum Gasteiger partial charge on any atom is 0.220 e. The van der Waals surface area contributed by atoms with Gasteiger partial charge in [0.05, 0.1) is 23.8 Å². The van der Waals surface area contributed by atoms with Crippen molar-refractivity contribution in [2.45, 2.75) is 53.4 Å². The van der Waals surface area contributed by atoms with Crippen molar-refractivity contribution < 1.29 is 9.53 Å². The zero-order valence-electron chi connectivity index (χ0n) is 19.8. The minimum atomic E-state index is 0.117. The first kappa shape index (κ1) is 23.6. The third kappa shape index (κ3) is 5.57. The summed E-state index contributed by atoms with van der Waals surface area (Å²) >= 11 is 0. The molecule has 0 bridgehead atoms. The van der Waals surface area contributed by atoms with Gasteiger partial charge in [-0.1, -0.05) is 20.8 Å². The molecule has 0 aliphatic carbocycles. The summed E-state index contributed by atoms with van der Waals surface area (Å²) in [6, 6.07) is 3.99. The van der Waals surface area contributed by atoms with Crippen LogP contribution >= 0.6 is 0 Å². The van der Waals surface area contributed by atoms with E-state index in [9.17, 15) is 4.79 Å². The van der Waals surface area contributed by atoms with Gasteiger partial charge in [-0.05, 0) is 38.2 Å². The Balaban J connectivity index is 1.74. The highest BCUT2D eigenvalue weighted by Gasteiger charge is 2.16. The van der Waals surface area contributed by atoms with Crippen molar-refractivity contribution in [3.05, 3.63) is 18.0 Å². The molecular weight excluding hydrogens is 406 g/mol. The first-order chi connectivity index (χ1) is 15.4. The fraction of sp³-hybridized carbons (Fsp3) is 0.565. The monoisotopic (exact) mass is 441 g/mol. The SMILES string of the molecule is CCCNc1cc2c(cc1OC)nc(NCCCCNC(=O)CC(C)C)c1nnc(C)n12. The van der Waals surface area contributed by atoms with Crippen molar-refractivity contribution in [3.8, 4) is 5.75 Å². The number of ether oxygens (including phenoxy) is 1. The molecule has 0 radical (unpaired) electrons. The van der Waals surface area contributed by atoms with Gasteiger partial charge in [-0.25, -0.2) is 4.98 Å². The van der Waals surface area contributed by atoms with E-state index >= 15 is 0 Å². The Kier molecular flexibility index (Phi) is 8.08. The lowest BCUT2D eigenvalue weighted by atomic mass is 10.1. The molecule has 1 amide bonds. The molecule has 2 aromatic heterocycles. The van der Waals surface area contributed by atoms with Gasteiger partial charge >= 0.3 is 0 Å². The van der Waals surface area contributed by atoms with Gasteiger partial charge in [-0.3, -0.25) is 9.20 Å². The van der Waals surface area contributed by atoms with Crippen molar-refractivity contribution in [2.75, 3.05) is 37.4 Å². The van der Waals surface area contributed by atoms with E-state index in [2.05, 4.69) is 33.1 Å². The summed E-state index contributed by atoms with van der Waals surface area (Å²) in [4.78, 5) is 16.6. The number of aryl methyl sites for hydroxylation is 1. The Hall–Kier alpha value is -3.10. The number of amides is 1. The molecule has 3 rings (SSSR count). The van der Waals surface area contributed by atoms with Gasteiger partial charge in [-0.15, -0.1) is 10.2 Å². The van der Waals surface area contributed by atoms with E-state index in [1.54, 1.807) is 7.11 Å². The maximum atomic E-state index is 11.7. The molecule has 32 heavy (non-hydrogen) atoms. The van der Waals surface area contributed by atoms with Crippen LogP contribution in [0, 0.1) is 12.8 Å². The van der Waals surface area contributed by atoms with Crippen LogP contribution in [0.4, 0.5) is 11.5 Å². The maximum absolute atomic E-state index is 11.7. The van der Waals surface area contributed by atoms with Crippen LogP contribution in [0.5, 0.6) is 5.75 Å². The standard InChI is InChI=1S/C23H35N7O2/c1-6-9-24-18-13-19-17(14-20(18)32-5)27-22(23-29-28-16(4)30(19)23)26-11-8-7-10-25-21(31)12-15(2)3/h13-15,24H,6-12H2,1-5H3,(H,25,31)(H,26,27). The Bertz CT molecular complexity index is 1060. The van der Waals surface area contributed by atoms with Gasteiger partial charge < -0.3 is 20.7 Å². The summed E-state index contributed by atoms with van der Waals surface area (Å²) in [5, 5.41) is 18.4. The molecule has 0 spiro atoms. The van der Waals surface area contributed by atoms with Crippen LogP contribution in [0.25, 0.3) is 16.7 Å². The molecule has 3 aromatic rings. The van der Waals surface area contributed by atoms with E-state index in [0.29, 0.717) is 30.3 Å². The molecule has 0 fully saturated rings. The van der Waals surface area contributed by atoms with Gasteiger partial charge in [0.2, 0.25) is 11.6 Å². The molecule has 0 atom stereocenters. The highest BCUT2D eigenvalue weighted by atomic mass is 16.5. The number of benzene rings is 1. The fourth-order valence-electron chi connectivity index (χ4n) is 3.61. The minimum absolute atomic E-state index is 0.117. The van der Waals surface area contributed by atoms with Gasteiger partial charge in [0.25, 0.3) is 0 Å². The van der Waals surface area contributed by atoms with Crippen LogP contribution in [0.1, 0.15) is 52.3 Å². The quantitative estimate of drug-likeness (QED) is 0.367. The van der Waals surface area contributed by atoms with Crippen LogP contribution < -0.4 is 20.7 Å². The second-order valence-corrected chi connectivity index (χ2v) is 8.42. The first-order valence-corrected chi connectivity index (χ1v) is 11.4. The molecule has 174 valence electrons. The second-order valence-electron chi connectivity index (χ2n) is 8.42. The molecule has 2 heterocycles. The number of nitrogens with one attached hydrogen (secondary N) is 3. The van der Waals surface area contributed by atoms with Gasteiger partial charge in [0.15, 0.2) is 5.82 Å². The third-order valence-corrected chi connectivity index (χ3v) is 5.18. The predicted molar refractivity (Wildman–Crippen MR) is 129 cm³/mol. The number of carbonyl (C=O) groups is 1. The largest absolute Gasteiger partial charge is 0.495 e. The zero-order valence-corrected chi connectivity index (χ0v) is 19.8. The Morgan fingerprint density at radius 1 is 1.12 bits per heavy atom. The molecule has 0 unspecified atom stereocenters. The summed E-state index contributed by atoms with van der Waals surface area (Å²) in [7, 11) is 1.67. The molecule has 0 saturated carbocycles. The Morgan fingerprint density at radius 2 is 1.91 bits per heavy atom. The number of methoxy groups -OCH3 is 1. The Labute approximate surface area is 189 Å². The number of rotatable bonds is 12. The number of carbonyl (C=O) groups excluding carboxylic acids is 1. The normalized spacial score (nSPS) is 11.3. The minimum Gasteiger partial charge on any atom is -0.495 e. The van der Waals surface area contributed by atoms with Crippen molar-refractivity contribution in [3.63, 3.8) is 0 Å². The summed E-state index contributed by atoms with van der Waals surface area (Å²) in [6.07, 6.45) is 3.39. The van der Waals surface area contributed by atoms with Crippen LogP contribution in [-0.2, 0) is 4.79 Å². The summed E-state index contributed by atoms with van der Waals surface area (Å²) in [6.45, 7) is 10.4. The van der Waals surface area contributed by atoms with Crippen molar-refractivity contribution in [2.24, 2.45) is 5.92 Å². The fourth-order valence-corrected chi connectivity index (χ4v) is 3.61. The Morgan fingerprint density at radius 3 is 2.62 bits per heavy atom. The molecule has 9 heteroatoms. The third-order valence-electron chi connectivity index (χ3n) is 5.18. The van der Waals surface area contributed by atoms with Gasteiger partial charge in [-0.2, -0.15) is 0 Å². The lowest BCUT2D eigenvalue weighted by molar-refractivity contribution is -0.121. The van der Waals surface area contributed by atoms with Crippen LogP contribution in [0.3, 0.4) is 0 Å². The van der Waals surface area contributed by atoms with E-state index in [1.807, 2.05) is 37.3 Å². The van der Waals surface area contributed by atoms with E-state index in [4.69, 9.17) is 9.72 Å². The second kappa shape index (κ2) is 11.0. The number of hydrogen-bond donors (Lipinski definition) is 3. The van der Waals surface area contributed by atoms with Crippen LogP contribution in [-0.4, -0.2) is 52.2 Å². The lowest BCUT2D eigenvalue weighted by Crippen LogP contribution is -2.25. The smallest absolute Gasteiger partial charge is 0.220 e. The average Bonchev–Trinajstić information content (AvgIpc) is 3.15. The number of nitrogens with zero attached hydrogens (tertiary/aromatic N) is 4. The van der Waals surface area contributed by atoms with E-state index in [1.165, 1.54) is 0 Å². The van der Waals surface area contributed by atoms with Gasteiger partial charge in [0, 0.05) is 32.1 Å². The zero-order chi connectivity index (χ0) is 23.1. The highest BCUT2D eigenvalue weighted by Crippen LogP contribution is 2.32. The number of anilines is 2. The molecule has 9 nitrogen and oxygen atoms in total. The summed E-state index contributed by atoms with van der Waals surface area (Å²) < 4.78 is 7.61. The van der Waals surface area contributed by atoms with E-state index < -0.39 is 0 Å². The number of aromatic nitrogens is 4. The van der Waals surface area contributed by atoms with Crippen molar-refractivity contribution >= 4 is 34.1 Å². The predicted octanol–water partition coefficient (Wildman–Crippen LogP) is 3.77. The highest BCUT2D eigenvalue weighted by molar-refractivity contribution is 5.88. The number of hydrogen-bond acceptors (Lipinski definition) is 7. The molecule has 3 N–H and O–H groups in total.